The van der Waals surface area contributed by atoms with Crippen LogP contribution in [0.1, 0.15) is 5.56 Å². The lowest BCUT2D eigenvalue weighted by atomic mass is 10.2. The molecule has 0 atom stereocenters. The summed E-state index contributed by atoms with van der Waals surface area (Å²) in [5, 5.41) is 14.5. The van der Waals surface area contributed by atoms with Crippen molar-refractivity contribution >= 4 is 11.8 Å². The first-order chi connectivity index (χ1) is 13.3. The third-order valence-electron chi connectivity index (χ3n) is 4.30. The van der Waals surface area contributed by atoms with Gasteiger partial charge in [0.2, 0.25) is 5.95 Å². The predicted molar refractivity (Wildman–Crippen MR) is 102 cm³/mol. The first kappa shape index (κ1) is 19.1. The number of nitrogens with one attached hydrogen (secondary N) is 2. The first-order valence-electron chi connectivity index (χ1n) is 8.97. The Labute approximate surface area is 159 Å². The molecule has 9 nitrogen and oxygen atoms in total. The zero-order chi connectivity index (χ0) is 18.9. The van der Waals surface area contributed by atoms with Crippen LogP contribution in [0.3, 0.4) is 0 Å². The summed E-state index contributed by atoms with van der Waals surface area (Å²) in [7, 11) is 3.24. The zero-order valence-corrected chi connectivity index (χ0v) is 15.8. The topological polar surface area (TPSA) is 93.7 Å². The largest absolute Gasteiger partial charge is 0.493 e. The summed E-state index contributed by atoms with van der Waals surface area (Å²) in [4.78, 5) is 6.80. The van der Waals surface area contributed by atoms with Gasteiger partial charge in [-0.05, 0) is 17.7 Å². The molecular formula is C18H26N6O3. The van der Waals surface area contributed by atoms with Crippen molar-refractivity contribution in [2.75, 3.05) is 64.2 Å². The molecule has 2 N–H and O–H groups in total. The maximum Gasteiger partial charge on any atom is 0.244 e. The second-order valence-corrected chi connectivity index (χ2v) is 6.09. The average molecular weight is 374 g/mol. The Kier molecular flexibility index (Phi) is 7.00. The highest BCUT2D eigenvalue weighted by Crippen LogP contribution is 2.27. The number of methoxy groups -OCH3 is 2. The van der Waals surface area contributed by atoms with Gasteiger partial charge in [-0.1, -0.05) is 6.07 Å². The van der Waals surface area contributed by atoms with Crippen LogP contribution >= 0.6 is 0 Å². The number of aromatic nitrogens is 3. The summed E-state index contributed by atoms with van der Waals surface area (Å²) >= 11 is 0. The molecule has 146 valence electrons. The van der Waals surface area contributed by atoms with Crippen LogP contribution in [0.5, 0.6) is 11.5 Å². The molecule has 3 rings (SSSR count). The molecule has 1 aromatic heterocycles. The van der Waals surface area contributed by atoms with Gasteiger partial charge in [0.1, 0.15) is 0 Å². The zero-order valence-electron chi connectivity index (χ0n) is 15.8. The third-order valence-corrected chi connectivity index (χ3v) is 4.30. The molecule has 0 spiro atoms. The Morgan fingerprint density at radius 1 is 1.11 bits per heavy atom. The van der Waals surface area contributed by atoms with Crippen molar-refractivity contribution in [1.29, 1.82) is 0 Å². The second kappa shape index (κ2) is 9.89. The molecule has 27 heavy (non-hydrogen) atoms. The summed E-state index contributed by atoms with van der Waals surface area (Å²) in [6, 6.07) is 5.79. The smallest absolute Gasteiger partial charge is 0.244 e. The van der Waals surface area contributed by atoms with Gasteiger partial charge in [-0.25, -0.2) is 0 Å². The fourth-order valence-electron chi connectivity index (χ4n) is 2.80. The van der Waals surface area contributed by atoms with Crippen LogP contribution in [0, 0.1) is 0 Å². The van der Waals surface area contributed by atoms with Gasteiger partial charge in [0.05, 0.1) is 33.6 Å². The quantitative estimate of drug-likeness (QED) is 0.672. The van der Waals surface area contributed by atoms with Crippen LogP contribution in [-0.2, 0) is 11.3 Å². The van der Waals surface area contributed by atoms with Crippen molar-refractivity contribution in [3.8, 4) is 11.5 Å². The lowest BCUT2D eigenvalue weighted by Gasteiger charge is -2.26. The van der Waals surface area contributed by atoms with Crippen molar-refractivity contribution in [1.82, 2.24) is 20.1 Å². The Bertz CT molecular complexity index is 724. The Morgan fingerprint density at radius 2 is 1.93 bits per heavy atom. The number of hydrogen-bond donors (Lipinski definition) is 2. The van der Waals surface area contributed by atoms with E-state index in [0.29, 0.717) is 29.8 Å². The number of hydrogen-bond acceptors (Lipinski definition) is 9. The molecule has 0 amide bonds. The number of morpholine rings is 1. The van der Waals surface area contributed by atoms with E-state index in [1.165, 1.54) is 0 Å². The summed E-state index contributed by atoms with van der Waals surface area (Å²) < 4.78 is 15.9. The van der Waals surface area contributed by atoms with Gasteiger partial charge >= 0.3 is 0 Å². The highest BCUT2D eigenvalue weighted by Gasteiger charge is 2.10. The highest BCUT2D eigenvalue weighted by molar-refractivity contribution is 5.44. The fraction of sp³-hybridized carbons (Fsp3) is 0.500. The van der Waals surface area contributed by atoms with Crippen molar-refractivity contribution < 1.29 is 14.2 Å². The molecule has 0 bridgehead atoms. The number of nitrogens with zero attached hydrogens (tertiary/aromatic N) is 4. The number of anilines is 2. The molecular weight excluding hydrogens is 348 g/mol. The minimum atomic E-state index is 0.514. The Hall–Kier alpha value is -2.65. The van der Waals surface area contributed by atoms with Gasteiger partial charge in [-0.15, -0.1) is 5.10 Å². The van der Waals surface area contributed by atoms with Crippen molar-refractivity contribution in [2.24, 2.45) is 0 Å². The van der Waals surface area contributed by atoms with E-state index in [0.717, 1.165) is 45.0 Å². The van der Waals surface area contributed by atoms with E-state index in [-0.39, 0.29) is 0 Å². The molecule has 0 saturated carbocycles. The van der Waals surface area contributed by atoms with Crippen LogP contribution in [0.25, 0.3) is 0 Å². The Balaban J connectivity index is 1.50. The van der Waals surface area contributed by atoms with Gasteiger partial charge in [0, 0.05) is 32.7 Å². The van der Waals surface area contributed by atoms with Crippen molar-refractivity contribution in [2.45, 2.75) is 6.54 Å². The van der Waals surface area contributed by atoms with Crippen LogP contribution in [0.2, 0.25) is 0 Å². The molecule has 1 fully saturated rings. The first-order valence-corrected chi connectivity index (χ1v) is 8.97. The van der Waals surface area contributed by atoms with E-state index in [4.69, 9.17) is 14.2 Å². The highest BCUT2D eigenvalue weighted by atomic mass is 16.5. The minimum Gasteiger partial charge on any atom is -0.493 e. The van der Waals surface area contributed by atoms with Crippen LogP contribution in [0.4, 0.5) is 11.8 Å². The van der Waals surface area contributed by atoms with E-state index >= 15 is 0 Å². The maximum atomic E-state index is 5.35. The molecule has 1 aliphatic rings. The molecule has 2 heterocycles. The number of ether oxygens (including phenoxy) is 3. The molecule has 0 aliphatic carbocycles. The second-order valence-electron chi connectivity index (χ2n) is 6.09. The summed E-state index contributed by atoms with van der Waals surface area (Å²) in [5.74, 6) is 2.58. The van der Waals surface area contributed by atoms with E-state index < -0.39 is 0 Å². The van der Waals surface area contributed by atoms with E-state index in [2.05, 4.69) is 30.7 Å². The molecule has 1 aromatic carbocycles. The molecule has 1 aliphatic heterocycles. The predicted octanol–water partition coefficient (Wildman–Crippen LogP) is 1.24. The van der Waals surface area contributed by atoms with Crippen molar-refractivity contribution in [3.05, 3.63) is 30.0 Å². The molecule has 0 unspecified atom stereocenters. The average Bonchev–Trinajstić information content (AvgIpc) is 2.73. The number of rotatable bonds is 9. The lowest BCUT2D eigenvalue weighted by molar-refractivity contribution is 0.0398. The van der Waals surface area contributed by atoms with E-state index in [1.807, 2.05) is 18.2 Å². The summed E-state index contributed by atoms with van der Waals surface area (Å²) in [5.41, 5.74) is 1.05. The fourth-order valence-corrected chi connectivity index (χ4v) is 2.80. The standard InChI is InChI=1S/C18H26N6O3/c1-25-15-4-3-14(11-16(15)26-2)12-20-17-13-21-23-18(22-17)19-5-6-24-7-9-27-10-8-24/h3-4,11,13H,5-10,12H2,1-2H3,(H2,19,20,22,23). The minimum absolute atomic E-state index is 0.514. The van der Waals surface area contributed by atoms with Crippen LogP contribution in [-0.4, -0.2) is 73.7 Å². The SMILES string of the molecule is COc1ccc(CNc2cnnc(NCCN3CCOCC3)n2)cc1OC. The third kappa shape index (κ3) is 5.66. The van der Waals surface area contributed by atoms with Crippen LogP contribution < -0.4 is 20.1 Å². The number of benzene rings is 1. The lowest BCUT2D eigenvalue weighted by Crippen LogP contribution is -2.39. The van der Waals surface area contributed by atoms with Crippen LogP contribution in [0.15, 0.2) is 24.4 Å². The van der Waals surface area contributed by atoms with Gasteiger partial charge in [0.15, 0.2) is 17.3 Å². The van der Waals surface area contributed by atoms with E-state index in [1.54, 1.807) is 20.4 Å². The van der Waals surface area contributed by atoms with Gasteiger partial charge in [-0.3, -0.25) is 4.90 Å². The maximum absolute atomic E-state index is 5.35. The summed E-state index contributed by atoms with van der Waals surface area (Å²) in [6.45, 7) is 5.81. The normalized spacial score (nSPS) is 14.6. The Morgan fingerprint density at radius 3 is 2.70 bits per heavy atom. The molecule has 1 saturated heterocycles. The molecule has 9 heteroatoms. The van der Waals surface area contributed by atoms with E-state index in [9.17, 15) is 0 Å². The molecule has 0 radical (unpaired) electrons. The van der Waals surface area contributed by atoms with Gasteiger partial charge < -0.3 is 24.8 Å². The molecule has 2 aromatic rings. The van der Waals surface area contributed by atoms with Gasteiger partial charge in [0.25, 0.3) is 0 Å². The summed E-state index contributed by atoms with van der Waals surface area (Å²) in [6.07, 6.45) is 1.61. The van der Waals surface area contributed by atoms with Crippen molar-refractivity contribution in [3.63, 3.8) is 0 Å². The van der Waals surface area contributed by atoms with Gasteiger partial charge in [-0.2, -0.15) is 10.1 Å². The monoisotopic (exact) mass is 374 g/mol.